The molecule has 0 fully saturated rings. The lowest BCUT2D eigenvalue weighted by molar-refractivity contribution is 0.0698. The first-order valence-electron chi connectivity index (χ1n) is 6.72. The predicted molar refractivity (Wildman–Crippen MR) is 82.0 cm³/mol. The third-order valence-electron chi connectivity index (χ3n) is 2.74. The second-order valence-corrected chi connectivity index (χ2v) is 5.02. The van der Waals surface area contributed by atoms with Crippen molar-refractivity contribution in [3.05, 3.63) is 42.1 Å². The van der Waals surface area contributed by atoms with Gasteiger partial charge < -0.3 is 15.7 Å². The molecule has 0 spiro atoms. The number of benzene rings is 1. The molecular weight excluding hydrogens is 268 g/mol. The van der Waals surface area contributed by atoms with Crippen LogP contribution < -0.4 is 10.6 Å². The summed E-state index contributed by atoms with van der Waals surface area (Å²) in [5.41, 5.74) is 0.700. The summed E-state index contributed by atoms with van der Waals surface area (Å²) in [4.78, 5) is 19.6. The van der Waals surface area contributed by atoms with Crippen molar-refractivity contribution in [2.75, 3.05) is 17.2 Å². The van der Waals surface area contributed by atoms with Crippen LogP contribution in [0.4, 0.5) is 17.5 Å². The number of carbonyl (C=O) groups is 1. The van der Waals surface area contributed by atoms with Crippen LogP contribution in [-0.4, -0.2) is 27.6 Å². The van der Waals surface area contributed by atoms with Crippen LogP contribution in [0.5, 0.6) is 0 Å². The number of carboxylic acid groups (broad SMARTS) is 1. The number of carboxylic acids is 1. The highest BCUT2D eigenvalue weighted by Gasteiger charge is 2.09. The topological polar surface area (TPSA) is 87.1 Å². The average molecular weight is 286 g/mol. The van der Waals surface area contributed by atoms with Crippen LogP contribution in [0.2, 0.25) is 0 Å². The van der Waals surface area contributed by atoms with Crippen LogP contribution in [0.1, 0.15) is 24.2 Å². The third-order valence-corrected chi connectivity index (χ3v) is 2.74. The average Bonchev–Trinajstić information content (AvgIpc) is 2.46. The first-order valence-corrected chi connectivity index (χ1v) is 6.72. The van der Waals surface area contributed by atoms with E-state index in [9.17, 15) is 4.79 Å². The first-order chi connectivity index (χ1) is 10.1. The number of anilines is 3. The summed E-state index contributed by atoms with van der Waals surface area (Å²) in [5.74, 6) is 0.565. The van der Waals surface area contributed by atoms with Crippen LogP contribution in [0.25, 0.3) is 0 Å². The molecule has 2 rings (SSSR count). The number of nitrogens with one attached hydrogen (secondary N) is 2. The maximum absolute atomic E-state index is 11.2. The number of hydrogen-bond donors (Lipinski definition) is 3. The van der Waals surface area contributed by atoms with Crippen LogP contribution in [0, 0.1) is 5.92 Å². The molecule has 2 aromatic rings. The fourth-order valence-corrected chi connectivity index (χ4v) is 1.73. The third kappa shape index (κ3) is 4.17. The molecule has 1 heterocycles. The summed E-state index contributed by atoms with van der Waals surface area (Å²) in [6.07, 6.45) is 1.63. The Morgan fingerprint density at radius 3 is 2.76 bits per heavy atom. The van der Waals surface area contributed by atoms with E-state index < -0.39 is 5.97 Å². The molecule has 1 aromatic carbocycles. The van der Waals surface area contributed by atoms with Crippen LogP contribution in [0.15, 0.2) is 36.5 Å². The van der Waals surface area contributed by atoms with Gasteiger partial charge in [0.2, 0.25) is 5.95 Å². The molecule has 0 aliphatic rings. The molecule has 6 nitrogen and oxygen atoms in total. The van der Waals surface area contributed by atoms with Gasteiger partial charge in [-0.3, -0.25) is 0 Å². The van der Waals surface area contributed by atoms with Crippen molar-refractivity contribution in [1.82, 2.24) is 9.97 Å². The number of aromatic nitrogens is 2. The lowest BCUT2D eigenvalue weighted by atomic mass is 10.2. The number of para-hydroxylation sites is 1. The monoisotopic (exact) mass is 286 g/mol. The Kier molecular flexibility index (Phi) is 4.71. The van der Waals surface area contributed by atoms with E-state index >= 15 is 0 Å². The van der Waals surface area contributed by atoms with E-state index in [-0.39, 0.29) is 5.56 Å². The zero-order chi connectivity index (χ0) is 15.2. The molecular formula is C15H18N4O2. The van der Waals surface area contributed by atoms with Crippen molar-refractivity contribution >= 4 is 23.4 Å². The van der Waals surface area contributed by atoms with Gasteiger partial charge in [0.1, 0.15) is 5.82 Å². The molecule has 0 saturated heterocycles. The molecule has 0 aliphatic heterocycles. The van der Waals surface area contributed by atoms with Gasteiger partial charge in [0.15, 0.2) is 0 Å². The molecule has 0 unspecified atom stereocenters. The molecule has 0 atom stereocenters. The zero-order valence-corrected chi connectivity index (χ0v) is 12.0. The first kappa shape index (κ1) is 14.8. The van der Waals surface area contributed by atoms with Crippen molar-refractivity contribution in [3.8, 4) is 0 Å². The molecule has 21 heavy (non-hydrogen) atoms. The van der Waals surface area contributed by atoms with E-state index in [2.05, 4.69) is 34.4 Å². The van der Waals surface area contributed by atoms with Gasteiger partial charge in [-0.1, -0.05) is 26.0 Å². The molecule has 0 bridgehead atoms. The van der Waals surface area contributed by atoms with Gasteiger partial charge in [0.25, 0.3) is 0 Å². The molecule has 110 valence electrons. The van der Waals surface area contributed by atoms with Crippen molar-refractivity contribution in [2.45, 2.75) is 13.8 Å². The second kappa shape index (κ2) is 6.69. The minimum absolute atomic E-state index is 0.202. The SMILES string of the molecule is CC(C)CNc1nccc(Nc2ccccc2C(=O)O)n1. The summed E-state index contributed by atoms with van der Waals surface area (Å²) < 4.78 is 0. The van der Waals surface area contributed by atoms with E-state index in [4.69, 9.17) is 5.11 Å². The number of nitrogens with zero attached hydrogens (tertiary/aromatic N) is 2. The lowest BCUT2D eigenvalue weighted by Crippen LogP contribution is -2.11. The van der Waals surface area contributed by atoms with E-state index in [0.29, 0.717) is 23.4 Å². The van der Waals surface area contributed by atoms with Gasteiger partial charge in [-0.15, -0.1) is 0 Å². The van der Waals surface area contributed by atoms with Crippen molar-refractivity contribution in [2.24, 2.45) is 5.92 Å². The lowest BCUT2D eigenvalue weighted by Gasteiger charge is -2.11. The van der Waals surface area contributed by atoms with Gasteiger partial charge in [-0.25, -0.2) is 9.78 Å². The quantitative estimate of drug-likeness (QED) is 0.756. The highest BCUT2D eigenvalue weighted by Crippen LogP contribution is 2.19. The Morgan fingerprint density at radius 2 is 2.05 bits per heavy atom. The van der Waals surface area contributed by atoms with Crippen LogP contribution >= 0.6 is 0 Å². The summed E-state index contributed by atoms with van der Waals surface area (Å²) in [6.45, 7) is 4.96. The molecule has 1 aromatic heterocycles. The van der Waals surface area contributed by atoms with Crippen molar-refractivity contribution in [1.29, 1.82) is 0 Å². The molecule has 3 N–H and O–H groups in total. The second-order valence-electron chi connectivity index (χ2n) is 5.02. The largest absolute Gasteiger partial charge is 0.478 e. The maximum Gasteiger partial charge on any atom is 0.337 e. The minimum atomic E-state index is -0.981. The number of aromatic carboxylic acids is 1. The van der Waals surface area contributed by atoms with Gasteiger partial charge in [0.05, 0.1) is 11.3 Å². The molecule has 0 saturated carbocycles. The Hall–Kier alpha value is -2.63. The van der Waals surface area contributed by atoms with Gasteiger partial charge in [-0.2, -0.15) is 4.98 Å². The normalized spacial score (nSPS) is 10.4. The maximum atomic E-state index is 11.2. The number of hydrogen-bond acceptors (Lipinski definition) is 5. The van der Waals surface area contributed by atoms with E-state index in [1.54, 1.807) is 36.5 Å². The predicted octanol–water partition coefficient (Wildman–Crippen LogP) is 2.99. The zero-order valence-electron chi connectivity index (χ0n) is 12.0. The fourth-order valence-electron chi connectivity index (χ4n) is 1.73. The Bertz CT molecular complexity index is 629. The highest BCUT2D eigenvalue weighted by molar-refractivity contribution is 5.94. The van der Waals surface area contributed by atoms with Gasteiger partial charge >= 0.3 is 5.97 Å². The Balaban J connectivity index is 2.16. The smallest absolute Gasteiger partial charge is 0.337 e. The highest BCUT2D eigenvalue weighted by atomic mass is 16.4. The molecule has 6 heteroatoms. The van der Waals surface area contributed by atoms with Gasteiger partial charge in [-0.05, 0) is 24.1 Å². The molecule has 0 aliphatic carbocycles. The Morgan fingerprint density at radius 1 is 1.29 bits per heavy atom. The van der Waals surface area contributed by atoms with Crippen LogP contribution in [-0.2, 0) is 0 Å². The van der Waals surface area contributed by atoms with E-state index in [1.165, 1.54) is 0 Å². The molecule has 0 radical (unpaired) electrons. The standard InChI is InChI=1S/C15H18N4O2/c1-10(2)9-17-15-16-8-7-13(19-15)18-12-6-4-3-5-11(12)14(20)21/h3-8,10H,9H2,1-2H3,(H,20,21)(H2,16,17,18,19). The minimum Gasteiger partial charge on any atom is -0.478 e. The van der Waals surface area contributed by atoms with Gasteiger partial charge in [0, 0.05) is 12.7 Å². The Labute approximate surface area is 123 Å². The summed E-state index contributed by atoms with van der Waals surface area (Å²) in [5, 5.41) is 15.3. The van der Waals surface area contributed by atoms with Crippen LogP contribution in [0.3, 0.4) is 0 Å². The fraction of sp³-hybridized carbons (Fsp3) is 0.267. The van der Waals surface area contributed by atoms with E-state index in [0.717, 1.165) is 6.54 Å². The summed E-state index contributed by atoms with van der Waals surface area (Å²) in [6, 6.07) is 8.40. The summed E-state index contributed by atoms with van der Waals surface area (Å²) in [7, 11) is 0. The number of rotatable bonds is 6. The van der Waals surface area contributed by atoms with Crippen molar-refractivity contribution in [3.63, 3.8) is 0 Å². The van der Waals surface area contributed by atoms with E-state index in [1.807, 2.05) is 0 Å². The summed E-state index contributed by atoms with van der Waals surface area (Å²) >= 11 is 0. The van der Waals surface area contributed by atoms with Crippen molar-refractivity contribution < 1.29 is 9.90 Å². The molecule has 0 amide bonds.